The Kier molecular flexibility index (Phi) is 8.43. The van der Waals surface area contributed by atoms with Crippen molar-refractivity contribution in [3.05, 3.63) is 40.8 Å². The summed E-state index contributed by atoms with van der Waals surface area (Å²) in [6, 6.07) is 8.07. The minimum absolute atomic E-state index is 0.233. The minimum atomic E-state index is -0.583. The van der Waals surface area contributed by atoms with E-state index in [0.29, 0.717) is 5.17 Å². The van der Waals surface area contributed by atoms with E-state index in [0.717, 1.165) is 29.2 Å². The molecule has 1 heterocycles. The minimum Gasteiger partial charge on any atom is -0.466 e. The predicted octanol–water partition coefficient (Wildman–Crippen LogP) is 3.58. The lowest BCUT2D eigenvalue weighted by molar-refractivity contribution is -0.135. The van der Waals surface area contributed by atoms with Crippen LogP contribution in [0.4, 0.5) is 0 Å². The first kappa shape index (κ1) is 20.3. The Hall–Kier alpha value is -2.06. The van der Waals surface area contributed by atoms with Crippen LogP contribution in [0.1, 0.15) is 31.7 Å². The number of rotatable bonds is 8. The zero-order chi connectivity index (χ0) is 18.8. The molecule has 1 aliphatic rings. The van der Waals surface area contributed by atoms with Crippen LogP contribution in [0.3, 0.4) is 0 Å². The highest BCUT2D eigenvalue weighted by atomic mass is 32.2. The molecular weight excluding hydrogens is 370 g/mol. The number of benzene rings is 1. The Morgan fingerprint density at radius 3 is 3.00 bits per heavy atom. The van der Waals surface area contributed by atoms with Gasteiger partial charge >= 0.3 is 5.97 Å². The van der Waals surface area contributed by atoms with Crippen LogP contribution in [0, 0.1) is 0 Å². The molecule has 0 aliphatic carbocycles. The van der Waals surface area contributed by atoms with Gasteiger partial charge in [-0.3, -0.25) is 10.1 Å². The van der Waals surface area contributed by atoms with Crippen molar-refractivity contribution >= 4 is 46.8 Å². The number of nitrogens with zero attached hydrogens (tertiary/aromatic N) is 2. The number of nitrogens with one attached hydrogen (secondary N) is 1. The van der Waals surface area contributed by atoms with Gasteiger partial charge in [-0.15, -0.1) is 16.9 Å². The van der Waals surface area contributed by atoms with E-state index >= 15 is 0 Å². The standard InChI is InChI=1S/C18H21N3O3S2/c1-3-4-5-9-25-14-8-6-7-13(10-14)12-19-21-18-20-17(23)15(26-18)11-16(22)24-2/h6-8,10-12H,3-5,9H2,1-2H3,(H,20,21,23)/b15-11+,19-12?. The summed E-state index contributed by atoms with van der Waals surface area (Å²) in [6.07, 6.45) is 6.45. The summed E-state index contributed by atoms with van der Waals surface area (Å²) < 4.78 is 4.51. The van der Waals surface area contributed by atoms with Crippen molar-refractivity contribution in [2.75, 3.05) is 12.9 Å². The second kappa shape index (κ2) is 10.8. The summed E-state index contributed by atoms with van der Waals surface area (Å²) in [5.41, 5.74) is 0.939. The fraction of sp³-hybridized carbons (Fsp3) is 0.333. The van der Waals surface area contributed by atoms with Gasteiger partial charge in [-0.25, -0.2) is 4.79 Å². The molecule has 0 saturated carbocycles. The molecule has 0 radical (unpaired) electrons. The molecule has 1 aromatic rings. The molecule has 1 saturated heterocycles. The van der Waals surface area contributed by atoms with Crippen molar-refractivity contribution in [3.63, 3.8) is 0 Å². The fourth-order valence-electron chi connectivity index (χ4n) is 2.02. The van der Waals surface area contributed by atoms with Crippen LogP contribution >= 0.6 is 23.5 Å². The summed E-state index contributed by atoms with van der Waals surface area (Å²) in [5.74, 6) is 0.134. The maximum Gasteiger partial charge on any atom is 0.331 e. The number of hydrogen-bond donors (Lipinski definition) is 1. The average molecular weight is 392 g/mol. The lowest BCUT2D eigenvalue weighted by atomic mass is 10.2. The highest BCUT2D eigenvalue weighted by molar-refractivity contribution is 8.18. The third kappa shape index (κ3) is 6.68. The van der Waals surface area contributed by atoms with Gasteiger partial charge in [0.1, 0.15) is 0 Å². The van der Waals surface area contributed by atoms with Gasteiger partial charge < -0.3 is 4.74 Å². The molecule has 1 N–H and O–H groups in total. The van der Waals surface area contributed by atoms with E-state index in [1.807, 2.05) is 23.9 Å². The number of amides is 1. The molecule has 1 fully saturated rings. The van der Waals surface area contributed by atoms with Gasteiger partial charge in [0.25, 0.3) is 5.91 Å². The normalized spacial score (nSPS) is 17.2. The Balaban J connectivity index is 1.94. The summed E-state index contributed by atoms with van der Waals surface area (Å²) in [7, 11) is 1.26. The van der Waals surface area contributed by atoms with Crippen molar-refractivity contribution in [2.45, 2.75) is 31.1 Å². The number of esters is 1. The molecule has 0 bridgehead atoms. The topological polar surface area (TPSA) is 80.1 Å². The third-order valence-corrected chi connectivity index (χ3v) is 5.31. The molecule has 2 rings (SSSR count). The molecule has 1 aromatic carbocycles. The molecule has 26 heavy (non-hydrogen) atoms. The first-order valence-corrected chi connectivity index (χ1v) is 10.1. The Morgan fingerprint density at radius 1 is 1.38 bits per heavy atom. The van der Waals surface area contributed by atoms with E-state index in [-0.39, 0.29) is 10.8 Å². The van der Waals surface area contributed by atoms with Crippen molar-refractivity contribution in [1.29, 1.82) is 0 Å². The summed E-state index contributed by atoms with van der Waals surface area (Å²) in [6.45, 7) is 2.20. The summed E-state index contributed by atoms with van der Waals surface area (Å²) >= 11 is 2.88. The van der Waals surface area contributed by atoms with Gasteiger partial charge in [-0.2, -0.15) is 5.10 Å². The van der Waals surface area contributed by atoms with E-state index in [4.69, 9.17) is 0 Å². The number of amidine groups is 1. The summed E-state index contributed by atoms with van der Waals surface area (Å²) in [5, 5.41) is 10.9. The van der Waals surface area contributed by atoms with Gasteiger partial charge in [0, 0.05) is 11.0 Å². The van der Waals surface area contributed by atoms with Crippen LogP contribution in [0.15, 0.2) is 50.3 Å². The maximum absolute atomic E-state index is 11.7. The number of methoxy groups -OCH3 is 1. The quantitative estimate of drug-likeness (QED) is 0.183. The Bertz CT molecular complexity index is 745. The van der Waals surface area contributed by atoms with Gasteiger partial charge in [0.05, 0.1) is 18.2 Å². The SMILES string of the molecule is CCCCCSc1cccc(C=N/N=C2/NC(=O)/C(=C\C(=O)OC)S2)c1. The first-order valence-electron chi connectivity index (χ1n) is 8.25. The maximum atomic E-state index is 11.7. The molecule has 0 aromatic heterocycles. The molecule has 1 aliphatic heterocycles. The highest BCUT2D eigenvalue weighted by Gasteiger charge is 2.24. The van der Waals surface area contributed by atoms with Crippen LogP contribution in [0.5, 0.6) is 0 Å². The average Bonchev–Trinajstić information content (AvgIpc) is 2.98. The molecule has 138 valence electrons. The molecule has 8 heteroatoms. The van der Waals surface area contributed by atoms with Gasteiger partial charge in [0.15, 0.2) is 5.17 Å². The lowest BCUT2D eigenvalue weighted by Crippen LogP contribution is -2.19. The number of unbranched alkanes of at least 4 members (excludes halogenated alkanes) is 2. The molecular formula is C18H21N3O3S2. The molecule has 0 atom stereocenters. The van der Waals surface area contributed by atoms with E-state index in [1.165, 1.54) is 31.3 Å². The van der Waals surface area contributed by atoms with Crippen LogP contribution in [-0.4, -0.2) is 36.1 Å². The number of carbonyl (C=O) groups excluding carboxylic acids is 2. The fourth-order valence-corrected chi connectivity index (χ4v) is 3.73. The zero-order valence-electron chi connectivity index (χ0n) is 14.7. The Labute approximate surface area is 161 Å². The number of thioether (sulfide) groups is 2. The summed E-state index contributed by atoms with van der Waals surface area (Å²) in [4.78, 5) is 24.3. The monoisotopic (exact) mass is 391 g/mol. The molecule has 1 amide bonds. The second-order valence-corrected chi connectivity index (χ2v) is 7.56. The lowest BCUT2D eigenvalue weighted by Gasteiger charge is -2.01. The van der Waals surface area contributed by atoms with Crippen molar-refractivity contribution < 1.29 is 14.3 Å². The van der Waals surface area contributed by atoms with Gasteiger partial charge in [0.2, 0.25) is 0 Å². The van der Waals surface area contributed by atoms with Gasteiger partial charge in [-0.1, -0.05) is 31.9 Å². The highest BCUT2D eigenvalue weighted by Crippen LogP contribution is 2.23. The first-order chi connectivity index (χ1) is 12.6. The van der Waals surface area contributed by atoms with Crippen molar-refractivity contribution in [2.24, 2.45) is 10.2 Å². The number of hydrogen-bond acceptors (Lipinski definition) is 7. The Morgan fingerprint density at radius 2 is 2.23 bits per heavy atom. The molecule has 0 unspecified atom stereocenters. The van der Waals surface area contributed by atoms with E-state index in [9.17, 15) is 9.59 Å². The largest absolute Gasteiger partial charge is 0.466 e. The smallest absolute Gasteiger partial charge is 0.331 e. The third-order valence-electron chi connectivity index (χ3n) is 3.33. The van der Waals surface area contributed by atoms with E-state index in [1.54, 1.807) is 6.21 Å². The van der Waals surface area contributed by atoms with E-state index in [2.05, 4.69) is 39.3 Å². The van der Waals surface area contributed by atoms with Crippen molar-refractivity contribution in [1.82, 2.24) is 5.32 Å². The number of carbonyl (C=O) groups is 2. The molecule has 6 nitrogen and oxygen atoms in total. The predicted molar refractivity (Wildman–Crippen MR) is 108 cm³/mol. The van der Waals surface area contributed by atoms with Crippen LogP contribution < -0.4 is 5.32 Å². The molecule has 0 spiro atoms. The van der Waals surface area contributed by atoms with E-state index < -0.39 is 5.97 Å². The number of ether oxygens (including phenoxy) is 1. The van der Waals surface area contributed by atoms with Crippen LogP contribution in [-0.2, 0) is 14.3 Å². The second-order valence-electron chi connectivity index (χ2n) is 5.37. The van der Waals surface area contributed by atoms with Crippen molar-refractivity contribution in [3.8, 4) is 0 Å². The van der Waals surface area contributed by atoms with Gasteiger partial charge in [-0.05, 0) is 41.6 Å². The van der Waals surface area contributed by atoms with Crippen LogP contribution in [0.2, 0.25) is 0 Å². The zero-order valence-corrected chi connectivity index (χ0v) is 16.4. The van der Waals surface area contributed by atoms with Crippen LogP contribution in [0.25, 0.3) is 0 Å².